The molecule has 0 atom stereocenters. The molecule has 0 aliphatic heterocycles. The van der Waals surface area contributed by atoms with Crippen LogP contribution in [0.1, 0.15) is 38.2 Å². The van der Waals surface area contributed by atoms with E-state index in [9.17, 15) is 14.0 Å². The summed E-state index contributed by atoms with van der Waals surface area (Å²) in [6.45, 7) is 3.28. The molecular weight excluding hydrogens is 355 g/mol. The molecule has 1 aliphatic carbocycles. The highest BCUT2D eigenvalue weighted by Gasteiger charge is 2.32. The lowest BCUT2D eigenvalue weighted by molar-refractivity contribution is -0.138. The number of rotatable bonds is 6. The number of nitrogens with zero attached hydrogens (tertiary/aromatic N) is 1. The Labute approximate surface area is 165 Å². The summed E-state index contributed by atoms with van der Waals surface area (Å²) in [5.41, 5.74) is 1.33. The van der Waals surface area contributed by atoms with Crippen LogP contribution in [0.3, 0.4) is 0 Å². The minimum atomic E-state index is -0.431. The quantitative estimate of drug-likeness (QED) is 0.793. The van der Waals surface area contributed by atoms with Crippen molar-refractivity contribution in [2.75, 3.05) is 11.9 Å². The van der Waals surface area contributed by atoms with E-state index < -0.39 is 5.82 Å². The fourth-order valence-electron chi connectivity index (χ4n) is 3.81. The summed E-state index contributed by atoms with van der Waals surface area (Å²) < 4.78 is 13.7. The third-order valence-electron chi connectivity index (χ3n) is 5.49. The van der Waals surface area contributed by atoms with Crippen molar-refractivity contribution >= 4 is 17.5 Å². The van der Waals surface area contributed by atoms with Gasteiger partial charge in [-0.05, 0) is 50.3 Å². The minimum Gasteiger partial charge on any atom is -0.338 e. The van der Waals surface area contributed by atoms with Crippen LogP contribution in [0.15, 0.2) is 54.6 Å². The molecule has 0 saturated heterocycles. The molecule has 1 saturated carbocycles. The summed E-state index contributed by atoms with van der Waals surface area (Å²) in [5.74, 6) is -0.639. The first-order valence-corrected chi connectivity index (χ1v) is 9.96. The van der Waals surface area contributed by atoms with E-state index in [0.717, 1.165) is 5.56 Å². The number of amides is 2. The number of halogens is 1. The van der Waals surface area contributed by atoms with Crippen LogP contribution < -0.4 is 5.32 Å². The molecule has 28 heavy (non-hydrogen) atoms. The maximum atomic E-state index is 13.7. The monoisotopic (exact) mass is 382 g/mol. The normalized spacial score (nSPS) is 19.1. The molecule has 2 amide bonds. The first-order chi connectivity index (χ1) is 13.6. The van der Waals surface area contributed by atoms with E-state index in [4.69, 9.17) is 0 Å². The van der Waals surface area contributed by atoms with Gasteiger partial charge in [0.05, 0.1) is 5.69 Å². The Morgan fingerprint density at radius 3 is 2.21 bits per heavy atom. The van der Waals surface area contributed by atoms with Crippen molar-refractivity contribution in [3.63, 3.8) is 0 Å². The summed E-state index contributed by atoms with van der Waals surface area (Å²) in [4.78, 5) is 27.3. The fourth-order valence-corrected chi connectivity index (χ4v) is 3.81. The number of hydrogen-bond acceptors (Lipinski definition) is 2. The Bertz CT molecular complexity index is 801. The summed E-state index contributed by atoms with van der Waals surface area (Å²) in [6.07, 6.45) is 2.69. The topological polar surface area (TPSA) is 49.4 Å². The van der Waals surface area contributed by atoms with Gasteiger partial charge in [-0.15, -0.1) is 0 Å². The second-order valence-corrected chi connectivity index (χ2v) is 7.36. The van der Waals surface area contributed by atoms with Crippen molar-refractivity contribution < 1.29 is 14.0 Å². The van der Waals surface area contributed by atoms with Crippen molar-refractivity contribution in [3.8, 4) is 0 Å². The molecule has 0 unspecified atom stereocenters. The number of para-hydroxylation sites is 1. The van der Waals surface area contributed by atoms with Gasteiger partial charge in [-0.3, -0.25) is 9.59 Å². The molecule has 148 valence electrons. The second-order valence-electron chi connectivity index (χ2n) is 7.36. The lowest BCUT2D eigenvalue weighted by Gasteiger charge is -2.31. The van der Waals surface area contributed by atoms with E-state index in [1.807, 2.05) is 42.2 Å². The summed E-state index contributed by atoms with van der Waals surface area (Å²) in [7, 11) is 0. The average molecular weight is 382 g/mol. The second kappa shape index (κ2) is 9.49. The molecule has 4 nitrogen and oxygen atoms in total. The molecule has 0 spiro atoms. The maximum Gasteiger partial charge on any atom is 0.227 e. The third kappa shape index (κ3) is 4.97. The number of hydrogen-bond donors (Lipinski definition) is 1. The summed E-state index contributed by atoms with van der Waals surface area (Å²) in [5, 5.41) is 2.68. The van der Waals surface area contributed by atoms with E-state index in [2.05, 4.69) is 5.32 Å². The Kier molecular flexibility index (Phi) is 6.80. The predicted octanol–water partition coefficient (Wildman–Crippen LogP) is 4.62. The average Bonchev–Trinajstić information content (AvgIpc) is 2.74. The summed E-state index contributed by atoms with van der Waals surface area (Å²) >= 11 is 0. The lowest BCUT2D eigenvalue weighted by Crippen LogP contribution is -2.38. The van der Waals surface area contributed by atoms with Gasteiger partial charge < -0.3 is 10.2 Å². The molecule has 2 aromatic rings. The van der Waals surface area contributed by atoms with Crippen molar-refractivity contribution in [3.05, 3.63) is 66.0 Å². The van der Waals surface area contributed by atoms with E-state index in [-0.39, 0.29) is 29.3 Å². The van der Waals surface area contributed by atoms with Crippen molar-refractivity contribution in [1.82, 2.24) is 4.90 Å². The van der Waals surface area contributed by atoms with Gasteiger partial charge in [-0.2, -0.15) is 0 Å². The standard InChI is InChI=1S/C23H27FN2O2/c1-2-26(16-17-8-4-3-5-9-17)23(28)19-14-12-18(13-15-19)22(27)25-21-11-7-6-10-20(21)24/h3-11,18-19H,2,12-16H2,1H3,(H,25,27). The van der Waals surface area contributed by atoms with Gasteiger partial charge in [0, 0.05) is 24.9 Å². The molecule has 0 bridgehead atoms. The zero-order valence-electron chi connectivity index (χ0n) is 16.2. The largest absolute Gasteiger partial charge is 0.338 e. The number of carbonyl (C=O) groups excluding carboxylic acids is 2. The number of carbonyl (C=O) groups is 2. The highest BCUT2D eigenvalue weighted by molar-refractivity contribution is 5.92. The van der Waals surface area contributed by atoms with Crippen LogP contribution in [0.5, 0.6) is 0 Å². The summed E-state index contributed by atoms with van der Waals surface area (Å²) in [6, 6.07) is 16.2. The molecule has 0 radical (unpaired) electrons. The van der Waals surface area contributed by atoms with Gasteiger partial charge in [-0.25, -0.2) is 4.39 Å². The van der Waals surface area contributed by atoms with Crippen LogP contribution in [-0.2, 0) is 16.1 Å². The van der Waals surface area contributed by atoms with E-state index in [1.165, 1.54) is 6.07 Å². The number of anilines is 1. The highest BCUT2D eigenvalue weighted by Crippen LogP contribution is 2.31. The maximum absolute atomic E-state index is 13.7. The Morgan fingerprint density at radius 1 is 0.964 bits per heavy atom. The van der Waals surface area contributed by atoms with Gasteiger partial charge in [0.2, 0.25) is 11.8 Å². The van der Waals surface area contributed by atoms with Crippen molar-refractivity contribution in [2.24, 2.45) is 11.8 Å². The molecule has 1 fully saturated rings. The van der Waals surface area contributed by atoms with Gasteiger partial charge in [0.1, 0.15) is 5.82 Å². The van der Waals surface area contributed by atoms with Crippen LogP contribution in [0.25, 0.3) is 0 Å². The van der Waals surface area contributed by atoms with Gasteiger partial charge in [0.25, 0.3) is 0 Å². The molecule has 5 heteroatoms. The predicted molar refractivity (Wildman–Crippen MR) is 108 cm³/mol. The van der Waals surface area contributed by atoms with Crippen LogP contribution in [0.2, 0.25) is 0 Å². The molecule has 1 aliphatic rings. The van der Waals surface area contributed by atoms with Crippen molar-refractivity contribution in [1.29, 1.82) is 0 Å². The number of nitrogens with one attached hydrogen (secondary N) is 1. The Morgan fingerprint density at radius 2 is 1.57 bits per heavy atom. The Balaban J connectivity index is 1.53. The molecule has 1 N–H and O–H groups in total. The molecule has 0 aromatic heterocycles. The van der Waals surface area contributed by atoms with E-state index in [1.54, 1.807) is 18.2 Å². The molecular formula is C23H27FN2O2. The smallest absolute Gasteiger partial charge is 0.227 e. The van der Waals surface area contributed by atoms with Gasteiger partial charge >= 0.3 is 0 Å². The number of benzene rings is 2. The van der Waals surface area contributed by atoms with E-state index in [0.29, 0.717) is 38.8 Å². The molecule has 3 rings (SSSR count). The lowest BCUT2D eigenvalue weighted by atomic mass is 9.80. The van der Waals surface area contributed by atoms with Gasteiger partial charge in [0.15, 0.2) is 0 Å². The van der Waals surface area contributed by atoms with Gasteiger partial charge in [-0.1, -0.05) is 42.5 Å². The highest BCUT2D eigenvalue weighted by atomic mass is 19.1. The zero-order valence-corrected chi connectivity index (χ0v) is 16.2. The molecule has 2 aromatic carbocycles. The first-order valence-electron chi connectivity index (χ1n) is 9.96. The fraction of sp³-hybridized carbons (Fsp3) is 0.391. The van der Waals surface area contributed by atoms with Crippen LogP contribution in [0, 0.1) is 17.7 Å². The van der Waals surface area contributed by atoms with Crippen LogP contribution >= 0.6 is 0 Å². The third-order valence-corrected chi connectivity index (χ3v) is 5.49. The molecule has 0 heterocycles. The SMILES string of the molecule is CCN(Cc1ccccc1)C(=O)C1CCC(C(=O)Nc2ccccc2F)CC1. The van der Waals surface area contributed by atoms with Crippen LogP contribution in [0.4, 0.5) is 10.1 Å². The Hall–Kier alpha value is -2.69. The zero-order chi connectivity index (χ0) is 19.9. The minimum absolute atomic E-state index is 0.0406. The van der Waals surface area contributed by atoms with E-state index >= 15 is 0 Å². The van der Waals surface area contributed by atoms with Crippen molar-refractivity contribution in [2.45, 2.75) is 39.2 Å². The first kappa shape index (κ1) is 20.1. The van der Waals surface area contributed by atoms with Crippen LogP contribution in [-0.4, -0.2) is 23.3 Å².